The van der Waals surface area contributed by atoms with Gasteiger partial charge >= 0.3 is 0 Å². The van der Waals surface area contributed by atoms with E-state index >= 15 is 0 Å². The Balaban J connectivity index is 2.95. The Kier molecular flexibility index (Phi) is 4.21. The maximum absolute atomic E-state index is 13.0. The first-order valence-corrected chi connectivity index (χ1v) is 5.21. The molecule has 0 spiro atoms. The van der Waals surface area contributed by atoms with Crippen LogP contribution in [0.25, 0.3) is 0 Å². The molecule has 1 rings (SSSR count). The normalized spacial score (nSPS) is 13.2. The van der Waals surface area contributed by atoms with Gasteiger partial charge in [0.15, 0.2) is 11.6 Å². The molecule has 0 aliphatic carbocycles. The third-order valence-corrected chi connectivity index (χ3v) is 2.65. The summed E-state index contributed by atoms with van der Waals surface area (Å²) in [7, 11) is 0. The Morgan fingerprint density at radius 1 is 1.20 bits per heavy atom. The fourth-order valence-corrected chi connectivity index (χ4v) is 1.81. The van der Waals surface area contributed by atoms with Crippen molar-refractivity contribution in [2.24, 2.45) is 11.7 Å². The number of halogens is 2. The van der Waals surface area contributed by atoms with Crippen LogP contribution in [0.5, 0.6) is 0 Å². The van der Waals surface area contributed by atoms with E-state index in [4.69, 9.17) is 5.73 Å². The smallest absolute Gasteiger partial charge is 0.159 e. The first-order chi connectivity index (χ1) is 7.06. The molecule has 0 amide bonds. The predicted molar refractivity (Wildman–Crippen MR) is 57.6 cm³/mol. The summed E-state index contributed by atoms with van der Waals surface area (Å²) in [5, 5.41) is 0. The summed E-state index contributed by atoms with van der Waals surface area (Å²) in [5.41, 5.74) is 6.33. The highest BCUT2D eigenvalue weighted by molar-refractivity contribution is 5.22. The molecule has 84 valence electrons. The Morgan fingerprint density at radius 2 is 1.87 bits per heavy atom. The van der Waals surface area contributed by atoms with Crippen LogP contribution in [0.3, 0.4) is 0 Å². The van der Waals surface area contributed by atoms with Gasteiger partial charge < -0.3 is 5.73 Å². The van der Waals surface area contributed by atoms with Gasteiger partial charge in [0, 0.05) is 0 Å². The molecule has 15 heavy (non-hydrogen) atoms. The van der Waals surface area contributed by atoms with Gasteiger partial charge in [0.25, 0.3) is 0 Å². The highest BCUT2D eigenvalue weighted by atomic mass is 19.2. The number of hydrogen-bond acceptors (Lipinski definition) is 1. The van der Waals surface area contributed by atoms with Crippen LogP contribution in [0, 0.1) is 17.6 Å². The first kappa shape index (κ1) is 12.1. The molecule has 0 aliphatic rings. The Bertz CT molecular complexity index is 323. The molecule has 0 heterocycles. The third kappa shape index (κ3) is 2.99. The number of benzene rings is 1. The minimum atomic E-state index is -0.797. The maximum Gasteiger partial charge on any atom is 0.159 e. The van der Waals surface area contributed by atoms with E-state index in [0.29, 0.717) is 12.5 Å². The largest absolute Gasteiger partial charge is 0.330 e. The zero-order valence-corrected chi connectivity index (χ0v) is 9.13. The molecule has 0 saturated heterocycles. The quantitative estimate of drug-likeness (QED) is 0.817. The topological polar surface area (TPSA) is 26.0 Å². The van der Waals surface area contributed by atoms with Crippen molar-refractivity contribution in [3.8, 4) is 0 Å². The second kappa shape index (κ2) is 5.21. The van der Waals surface area contributed by atoms with Crippen molar-refractivity contribution in [3.63, 3.8) is 0 Å². The molecule has 1 aromatic rings. The summed E-state index contributed by atoms with van der Waals surface area (Å²) in [6.45, 7) is 4.67. The molecular formula is C12H17F2N. The van der Waals surface area contributed by atoms with Crippen molar-refractivity contribution in [2.45, 2.75) is 26.2 Å². The molecule has 0 saturated carbocycles. The average molecular weight is 213 g/mol. The van der Waals surface area contributed by atoms with Crippen LogP contribution in [0.2, 0.25) is 0 Å². The Hall–Kier alpha value is -0.960. The zero-order valence-electron chi connectivity index (χ0n) is 9.13. The van der Waals surface area contributed by atoms with E-state index in [-0.39, 0.29) is 5.92 Å². The van der Waals surface area contributed by atoms with Crippen LogP contribution in [-0.4, -0.2) is 6.54 Å². The van der Waals surface area contributed by atoms with Gasteiger partial charge in [0.05, 0.1) is 0 Å². The molecular weight excluding hydrogens is 196 g/mol. The third-order valence-electron chi connectivity index (χ3n) is 2.65. The second-order valence-corrected chi connectivity index (χ2v) is 4.10. The standard InChI is InChI=1S/C12H17F2N/c1-8(2)10(5-6-15)9-3-4-11(13)12(14)7-9/h3-4,7-8,10H,5-6,15H2,1-2H3. The summed E-state index contributed by atoms with van der Waals surface area (Å²) in [5.74, 6) is -1.01. The lowest BCUT2D eigenvalue weighted by Gasteiger charge is -2.20. The molecule has 0 radical (unpaired) electrons. The summed E-state index contributed by atoms with van der Waals surface area (Å²) in [6, 6.07) is 4.09. The monoisotopic (exact) mass is 213 g/mol. The van der Waals surface area contributed by atoms with Gasteiger partial charge in [-0.1, -0.05) is 19.9 Å². The van der Waals surface area contributed by atoms with Crippen LogP contribution in [0.15, 0.2) is 18.2 Å². The van der Waals surface area contributed by atoms with Crippen molar-refractivity contribution in [3.05, 3.63) is 35.4 Å². The van der Waals surface area contributed by atoms with Crippen molar-refractivity contribution >= 4 is 0 Å². The lowest BCUT2D eigenvalue weighted by Crippen LogP contribution is -2.13. The van der Waals surface area contributed by atoms with Crippen molar-refractivity contribution in [2.75, 3.05) is 6.54 Å². The van der Waals surface area contributed by atoms with Gasteiger partial charge in [-0.15, -0.1) is 0 Å². The van der Waals surface area contributed by atoms with E-state index in [2.05, 4.69) is 13.8 Å². The summed E-state index contributed by atoms with van der Waals surface area (Å²) in [4.78, 5) is 0. The van der Waals surface area contributed by atoms with E-state index in [1.165, 1.54) is 12.1 Å². The molecule has 0 aliphatic heterocycles. The van der Waals surface area contributed by atoms with Crippen LogP contribution in [-0.2, 0) is 0 Å². The average Bonchev–Trinajstić information content (AvgIpc) is 2.18. The van der Waals surface area contributed by atoms with Gasteiger partial charge in [-0.05, 0) is 42.5 Å². The van der Waals surface area contributed by atoms with Gasteiger partial charge in [-0.3, -0.25) is 0 Å². The van der Waals surface area contributed by atoms with Crippen LogP contribution in [0.1, 0.15) is 31.7 Å². The number of rotatable bonds is 4. The van der Waals surface area contributed by atoms with Gasteiger partial charge in [0.1, 0.15) is 0 Å². The highest BCUT2D eigenvalue weighted by Crippen LogP contribution is 2.28. The molecule has 3 heteroatoms. The van der Waals surface area contributed by atoms with E-state index < -0.39 is 11.6 Å². The fraction of sp³-hybridized carbons (Fsp3) is 0.500. The van der Waals surface area contributed by atoms with Gasteiger partial charge in [-0.2, -0.15) is 0 Å². The molecule has 1 unspecified atom stereocenters. The molecule has 0 bridgehead atoms. The van der Waals surface area contributed by atoms with E-state index in [1.54, 1.807) is 6.07 Å². The molecule has 1 nitrogen and oxygen atoms in total. The van der Waals surface area contributed by atoms with Crippen LogP contribution in [0.4, 0.5) is 8.78 Å². The minimum absolute atomic E-state index is 0.199. The molecule has 0 fully saturated rings. The fourth-order valence-electron chi connectivity index (χ4n) is 1.81. The molecule has 2 N–H and O–H groups in total. The van der Waals surface area contributed by atoms with Crippen molar-refractivity contribution in [1.82, 2.24) is 0 Å². The highest BCUT2D eigenvalue weighted by Gasteiger charge is 2.16. The zero-order chi connectivity index (χ0) is 11.4. The van der Waals surface area contributed by atoms with E-state index in [0.717, 1.165) is 12.0 Å². The number of hydrogen-bond donors (Lipinski definition) is 1. The predicted octanol–water partition coefficient (Wildman–Crippen LogP) is 3.05. The lowest BCUT2D eigenvalue weighted by molar-refractivity contribution is 0.462. The summed E-state index contributed by atoms with van der Waals surface area (Å²) < 4.78 is 25.8. The van der Waals surface area contributed by atoms with Crippen molar-refractivity contribution in [1.29, 1.82) is 0 Å². The summed E-state index contributed by atoms with van der Waals surface area (Å²) >= 11 is 0. The van der Waals surface area contributed by atoms with Crippen LogP contribution < -0.4 is 5.73 Å². The first-order valence-electron chi connectivity index (χ1n) is 5.21. The molecule has 1 atom stereocenters. The van der Waals surface area contributed by atoms with Gasteiger partial charge in [-0.25, -0.2) is 8.78 Å². The second-order valence-electron chi connectivity index (χ2n) is 4.10. The number of nitrogens with two attached hydrogens (primary N) is 1. The SMILES string of the molecule is CC(C)C(CCN)c1ccc(F)c(F)c1. The van der Waals surface area contributed by atoms with Crippen LogP contribution >= 0.6 is 0 Å². The lowest BCUT2D eigenvalue weighted by atomic mass is 9.86. The van der Waals surface area contributed by atoms with E-state index in [9.17, 15) is 8.78 Å². The van der Waals surface area contributed by atoms with E-state index in [1.807, 2.05) is 0 Å². The Morgan fingerprint density at radius 3 is 2.33 bits per heavy atom. The summed E-state index contributed by atoms with van der Waals surface area (Å²) in [6.07, 6.45) is 0.794. The Labute approximate surface area is 89.3 Å². The molecule has 1 aromatic carbocycles. The minimum Gasteiger partial charge on any atom is -0.330 e. The van der Waals surface area contributed by atoms with Gasteiger partial charge in [0.2, 0.25) is 0 Å². The van der Waals surface area contributed by atoms with Crippen molar-refractivity contribution < 1.29 is 8.78 Å². The molecule has 0 aromatic heterocycles. The maximum atomic E-state index is 13.0.